The quantitative estimate of drug-likeness (QED) is 0.170. The number of aromatic nitrogens is 3. The van der Waals surface area contributed by atoms with Crippen LogP contribution in [0.25, 0.3) is 121 Å². The van der Waals surface area contributed by atoms with Crippen LogP contribution >= 0.6 is 0 Å². The van der Waals surface area contributed by atoms with Gasteiger partial charge < -0.3 is 8.83 Å². The van der Waals surface area contributed by atoms with Crippen LogP contribution in [0.2, 0.25) is 0 Å². The van der Waals surface area contributed by atoms with E-state index >= 15 is 0 Å². The summed E-state index contributed by atoms with van der Waals surface area (Å²) < 4.78 is 13.1. The molecule has 0 atom stereocenters. The van der Waals surface area contributed by atoms with E-state index in [-0.39, 0.29) is 0 Å². The zero-order valence-corrected chi connectivity index (χ0v) is 29.9. The van der Waals surface area contributed by atoms with Gasteiger partial charge in [0.1, 0.15) is 22.3 Å². The van der Waals surface area contributed by atoms with Gasteiger partial charge in [0, 0.05) is 32.7 Å². The molecule has 0 unspecified atom stereocenters. The predicted molar refractivity (Wildman–Crippen MR) is 229 cm³/mol. The maximum Gasteiger partial charge on any atom is 0.167 e. The van der Waals surface area contributed by atoms with Crippen LogP contribution in [0, 0.1) is 0 Å². The standard InChI is InChI=1S/C51H29N3O2/c1-2-13-30(14-3-1)49-52-50(40-22-12-25-44-47(40)38-19-8-9-24-43(38)55-44)54-51(53-49)41-23-10-21-39-46-32(20-11-26-45(46)56-48(39)41)31-27-28-37-35-17-5-4-15-33(35)34-16-6-7-18-36(34)42(37)29-31/h1-29H. The molecule has 0 fully saturated rings. The van der Waals surface area contributed by atoms with Gasteiger partial charge in [-0.15, -0.1) is 0 Å². The molecule has 0 spiro atoms. The summed E-state index contributed by atoms with van der Waals surface area (Å²) in [6.45, 7) is 0. The minimum atomic E-state index is 0.536. The van der Waals surface area contributed by atoms with Crippen molar-refractivity contribution < 1.29 is 8.83 Å². The lowest BCUT2D eigenvalue weighted by molar-refractivity contribution is 0.668. The number of para-hydroxylation sites is 2. The van der Waals surface area contributed by atoms with Gasteiger partial charge in [-0.2, -0.15) is 0 Å². The number of fused-ring (bicyclic) bond motifs is 12. The van der Waals surface area contributed by atoms with Gasteiger partial charge in [0.15, 0.2) is 17.5 Å². The molecular formula is C51H29N3O2. The summed E-state index contributed by atoms with van der Waals surface area (Å²) in [5.41, 5.74) is 7.96. The lowest BCUT2D eigenvalue weighted by Gasteiger charge is -2.12. The van der Waals surface area contributed by atoms with Gasteiger partial charge >= 0.3 is 0 Å². The van der Waals surface area contributed by atoms with Gasteiger partial charge in [-0.3, -0.25) is 0 Å². The van der Waals surface area contributed by atoms with Gasteiger partial charge in [0.2, 0.25) is 0 Å². The molecule has 0 aliphatic heterocycles. The predicted octanol–water partition coefficient (Wildman–Crippen LogP) is 13.8. The number of hydrogen-bond acceptors (Lipinski definition) is 5. The van der Waals surface area contributed by atoms with Crippen LogP contribution in [0.5, 0.6) is 0 Å². The molecule has 12 aromatic rings. The molecule has 0 N–H and O–H groups in total. The molecule has 3 aromatic heterocycles. The van der Waals surface area contributed by atoms with E-state index in [2.05, 4.69) is 103 Å². The Morgan fingerprint density at radius 3 is 1.54 bits per heavy atom. The first kappa shape index (κ1) is 30.8. The highest BCUT2D eigenvalue weighted by Crippen LogP contribution is 2.43. The van der Waals surface area contributed by atoms with E-state index in [1.165, 1.54) is 32.3 Å². The summed E-state index contributed by atoms with van der Waals surface area (Å²) in [5.74, 6) is 1.68. The smallest absolute Gasteiger partial charge is 0.167 e. The average molecular weight is 716 g/mol. The highest BCUT2D eigenvalue weighted by atomic mass is 16.3. The first-order valence-electron chi connectivity index (χ1n) is 18.8. The largest absolute Gasteiger partial charge is 0.456 e. The maximum atomic E-state index is 6.81. The minimum Gasteiger partial charge on any atom is -0.456 e. The SMILES string of the molecule is c1ccc(-c2nc(-c3cccc4c3oc3cccc(-c5ccc6c7ccccc7c7ccccc7c6c5)c34)nc(-c3cccc4oc5ccccc5c34)n2)cc1. The fraction of sp³-hybridized carbons (Fsp3) is 0. The van der Waals surface area contributed by atoms with Crippen molar-refractivity contribution >= 4 is 76.2 Å². The second-order valence-corrected chi connectivity index (χ2v) is 14.3. The first-order chi connectivity index (χ1) is 27.8. The Balaban J connectivity index is 1.09. The van der Waals surface area contributed by atoms with Gasteiger partial charge in [0.25, 0.3) is 0 Å². The maximum absolute atomic E-state index is 6.81. The summed E-state index contributed by atoms with van der Waals surface area (Å²) in [4.78, 5) is 15.4. The Morgan fingerprint density at radius 1 is 0.286 bits per heavy atom. The Kier molecular flexibility index (Phi) is 6.56. The number of hydrogen-bond donors (Lipinski definition) is 0. The summed E-state index contributed by atoms with van der Waals surface area (Å²) in [6, 6.07) is 61.0. The van der Waals surface area contributed by atoms with Crippen molar-refractivity contribution in [2.24, 2.45) is 0 Å². The van der Waals surface area contributed by atoms with Gasteiger partial charge in [0.05, 0.1) is 5.56 Å². The average Bonchev–Trinajstić information content (AvgIpc) is 3.85. The molecule has 5 nitrogen and oxygen atoms in total. The number of benzene rings is 9. The van der Waals surface area contributed by atoms with Crippen LogP contribution in [0.3, 0.4) is 0 Å². The Morgan fingerprint density at radius 2 is 0.786 bits per heavy atom. The van der Waals surface area contributed by atoms with Crippen LogP contribution in [0.15, 0.2) is 185 Å². The number of nitrogens with zero attached hydrogens (tertiary/aromatic N) is 3. The number of rotatable bonds is 4. The molecule has 56 heavy (non-hydrogen) atoms. The molecule has 260 valence electrons. The van der Waals surface area contributed by atoms with Gasteiger partial charge in [-0.1, -0.05) is 146 Å². The molecule has 0 radical (unpaired) electrons. The Bertz CT molecular complexity index is 3510. The molecule has 5 heteroatoms. The second kappa shape index (κ2) is 11.9. The monoisotopic (exact) mass is 715 g/mol. The van der Waals surface area contributed by atoms with E-state index in [9.17, 15) is 0 Å². The van der Waals surface area contributed by atoms with Gasteiger partial charge in [-0.25, -0.2) is 15.0 Å². The summed E-state index contributed by atoms with van der Waals surface area (Å²) >= 11 is 0. The third-order valence-electron chi connectivity index (χ3n) is 11.1. The zero-order chi connectivity index (χ0) is 36.7. The zero-order valence-electron chi connectivity index (χ0n) is 29.9. The van der Waals surface area contributed by atoms with Crippen molar-refractivity contribution in [1.29, 1.82) is 0 Å². The normalized spacial score (nSPS) is 11.9. The Labute approximate surface area is 320 Å². The van der Waals surface area contributed by atoms with Crippen LogP contribution in [-0.2, 0) is 0 Å². The summed E-state index contributed by atoms with van der Waals surface area (Å²) in [7, 11) is 0. The van der Waals surface area contributed by atoms with E-state index in [1.807, 2.05) is 72.8 Å². The van der Waals surface area contributed by atoms with Crippen LogP contribution in [0.4, 0.5) is 0 Å². The molecule has 0 amide bonds. The van der Waals surface area contributed by atoms with Crippen molar-refractivity contribution in [3.05, 3.63) is 176 Å². The van der Waals surface area contributed by atoms with Crippen molar-refractivity contribution in [2.45, 2.75) is 0 Å². The van der Waals surface area contributed by atoms with Crippen LogP contribution in [0.1, 0.15) is 0 Å². The van der Waals surface area contributed by atoms with Crippen molar-refractivity contribution in [3.8, 4) is 45.3 Å². The van der Waals surface area contributed by atoms with Crippen molar-refractivity contribution in [3.63, 3.8) is 0 Å². The third kappa shape index (κ3) is 4.58. The fourth-order valence-corrected chi connectivity index (χ4v) is 8.63. The summed E-state index contributed by atoms with van der Waals surface area (Å²) in [5, 5.41) is 11.6. The van der Waals surface area contributed by atoms with E-state index in [4.69, 9.17) is 23.8 Å². The van der Waals surface area contributed by atoms with E-state index in [0.29, 0.717) is 17.5 Å². The van der Waals surface area contributed by atoms with Crippen molar-refractivity contribution in [1.82, 2.24) is 15.0 Å². The highest BCUT2D eigenvalue weighted by Gasteiger charge is 2.22. The molecule has 12 rings (SSSR count). The molecule has 0 saturated carbocycles. The molecule has 0 aliphatic carbocycles. The summed E-state index contributed by atoms with van der Waals surface area (Å²) in [6.07, 6.45) is 0. The molecular weight excluding hydrogens is 687 g/mol. The molecule has 0 aliphatic rings. The third-order valence-corrected chi connectivity index (χ3v) is 11.1. The first-order valence-corrected chi connectivity index (χ1v) is 18.8. The molecule has 0 bridgehead atoms. The second-order valence-electron chi connectivity index (χ2n) is 14.3. The van der Waals surface area contributed by atoms with Crippen LogP contribution < -0.4 is 0 Å². The lowest BCUT2D eigenvalue weighted by Crippen LogP contribution is -2.00. The molecule has 9 aromatic carbocycles. The van der Waals surface area contributed by atoms with E-state index < -0.39 is 0 Å². The molecule has 3 heterocycles. The molecule has 0 saturated heterocycles. The van der Waals surface area contributed by atoms with Crippen LogP contribution in [-0.4, -0.2) is 15.0 Å². The highest BCUT2D eigenvalue weighted by molar-refractivity contribution is 6.26. The van der Waals surface area contributed by atoms with Crippen molar-refractivity contribution in [2.75, 3.05) is 0 Å². The topological polar surface area (TPSA) is 65.0 Å². The van der Waals surface area contributed by atoms with E-state index in [1.54, 1.807) is 0 Å². The number of furan rings is 2. The minimum absolute atomic E-state index is 0.536. The lowest BCUT2D eigenvalue weighted by atomic mass is 9.91. The Hall–Kier alpha value is -7.63. The van der Waals surface area contributed by atoms with E-state index in [0.717, 1.165) is 71.7 Å². The van der Waals surface area contributed by atoms with Gasteiger partial charge in [-0.05, 0) is 73.8 Å². The fourth-order valence-electron chi connectivity index (χ4n) is 8.63.